The third-order valence-corrected chi connectivity index (χ3v) is 5.56. The van der Waals surface area contributed by atoms with Crippen LogP contribution in [0.2, 0.25) is 0 Å². The summed E-state index contributed by atoms with van der Waals surface area (Å²) < 4.78 is 2.09. The molecule has 28 heavy (non-hydrogen) atoms. The van der Waals surface area contributed by atoms with E-state index in [4.69, 9.17) is 4.99 Å². The van der Waals surface area contributed by atoms with Crippen molar-refractivity contribution in [2.45, 2.75) is 77.9 Å². The molecule has 1 aliphatic rings. The van der Waals surface area contributed by atoms with Gasteiger partial charge in [-0.15, -0.1) is 10.2 Å². The standard InChI is InChI=1S/C22H34N6/c1-4-18-10-12-19(13-11-18)17(3)25-22(26-20-8-6-7-9-20)23-14-15-28-16-24-27-21(28)5-2/h10-13,16-17,20H,4-9,14-15H2,1-3H3,(H2,23,25,26). The van der Waals surface area contributed by atoms with E-state index in [0.29, 0.717) is 12.6 Å². The van der Waals surface area contributed by atoms with E-state index in [1.165, 1.54) is 36.8 Å². The van der Waals surface area contributed by atoms with E-state index in [-0.39, 0.29) is 6.04 Å². The molecule has 0 amide bonds. The average molecular weight is 383 g/mol. The van der Waals surface area contributed by atoms with E-state index in [2.05, 4.69) is 70.4 Å². The second kappa shape index (κ2) is 10.2. The fraction of sp³-hybridized carbons (Fsp3) is 0.591. The summed E-state index contributed by atoms with van der Waals surface area (Å²) in [6.07, 6.45) is 8.82. The van der Waals surface area contributed by atoms with Crippen molar-refractivity contribution in [3.8, 4) is 0 Å². The van der Waals surface area contributed by atoms with Crippen LogP contribution in [0, 0.1) is 0 Å². The summed E-state index contributed by atoms with van der Waals surface area (Å²) in [5.74, 6) is 1.92. The Bertz CT molecular complexity index is 743. The zero-order valence-corrected chi connectivity index (χ0v) is 17.5. The first kappa shape index (κ1) is 20.4. The number of rotatable bonds is 8. The molecule has 0 radical (unpaired) electrons. The van der Waals surface area contributed by atoms with Crippen LogP contribution >= 0.6 is 0 Å². The van der Waals surface area contributed by atoms with E-state index in [9.17, 15) is 0 Å². The molecule has 1 unspecified atom stereocenters. The molecule has 2 aromatic rings. The van der Waals surface area contributed by atoms with Crippen LogP contribution in [0.15, 0.2) is 35.6 Å². The molecule has 6 nitrogen and oxygen atoms in total. The number of benzene rings is 1. The van der Waals surface area contributed by atoms with E-state index < -0.39 is 0 Å². The molecule has 1 saturated carbocycles. The van der Waals surface area contributed by atoms with E-state index >= 15 is 0 Å². The van der Waals surface area contributed by atoms with Crippen LogP contribution in [0.25, 0.3) is 0 Å². The van der Waals surface area contributed by atoms with Crippen molar-refractivity contribution in [2.75, 3.05) is 6.54 Å². The number of hydrogen-bond donors (Lipinski definition) is 2. The van der Waals surface area contributed by atoms with Gasteiger partial charge in [0.25, 0.3) is 0 Å². The first-order chi connectivity index (χ1) is 13.7. The maximum Gasteiger partial charge on any atom is 0.192 e. The van der Waals surface area contributed by atoms with Crippen LogP contribution in [0.5, 0.6) is 0 Å². The molecular weight excluding hydrogens is 348 g/mol. The van der Waals surface area contributed by atoms with Crippen molar-refractivity contribution in [3.63, 3.8) is 0 Å². The Balaban J connectivity index is 1.64. The Kier molecular flexibility index (Phi) is 7.46. The van der Waals surface area contributed by atoms with Crippen molar-refractivity contribution in [1.29, 1.82) is 0 Å². The van der Waals surface area contributed by atoms with Gasteiger partial charge in [0, 0.05) is 19.0 Å². The lowest BCUT2D eigenvalue weighted by atomic mass is 10.1. The van der Waals surface area contributed by atoms with Crippen molar-refractivity contribution in [3.05, 3.63) is 47.5 Å². The molecule has 0 saturated heterocycles. The second-order valence-electron chi connectivity index (χ2n) is 7.61. The lowest BCUT2D eigenvalue weighted by Crippen LogP contribution is -2.43. The van der Waals surface area contributed by atoms with Gasteiger partial charge in [0.05, 0.1) is 12.6 Å². The van der Waals surface area contributed by atoms with Gasteiger partial charge in [-0.25, -0.2) is 0 Å². The predicted octanol–water partition coefficient (Wildman–Crippen LogP) is 3.64. The first-order valence-corrected chi connectivity index (χ1v) is 10.7. The van der Waals surface area contributed by atoms with Crippen LogP contribution in [-0.2, 0) is 19.4 Å². The fourth-order valence-corrected chi connectivity index (χ4v) is 3.74. The quantitative estimate of drug-likeness (QED) is 0.540. The third kappa shape index (κ3) is 5.57. The highest BCUT2D eigenvalue weighted by atomic mass is 15.3. The molecule has 0 aliphatic heterocycles. The molecular formula is C22H34N6. The SMILES string of the molecule is CCc1ccc(C(C)NC(=NCCn2cnnc2CC)NC2CCCC2)cc1. The summed E-state index contributed by atoms with van der Waals surface area (Å²) >= 11 is 0. The minimum atomic E-state index is 0.208. The molecule has 3 rings (SSSR count). The maximum atomic E-state index is 4.85. The van der Waals surface area contributed by atoms with E-state index in [1.807, 2.05) is 0 Å². The highest BCUT2D eigenvalue weighted by Crippen LogP contribution is 2.18. The van der Waals surface area contributed by atoms with Crippen molar-refractivity contribution < 1.29 is 0 Å². The summed E-state index contributed by atoms with van der Waals surface area (Å²) in [4.78, 5) is 4.85. The van der Waals surface area contributed by atoms with Crippen LogP contribution < -0.4 is 10.6 Å². The second-order valence-corrected chi connectivity index (χ2v) is 7.61. The maximum absolute atomic E-state index is 4.85. The summed E-state index contributed by atoms with van der Waals surface area (Å²) in [6.45, 7) is 7.99. The molecule has 152 valence electrons. The normalized spacial score (nSPS) is 16.3. The van der Waals surface area contributed by atoms with Crippen LogP contribution in [0.4, 0.5) is 0 Å². The van der Waals surface area contributed by atoms with E-state index in [0.717, 1.165) is 31.2 Å². The molecule has 1 aromatic heterocycles. The van der Waals surface area contributed by atoms with Gasteiger partial charge in [-0.3, -0.25) is 4.99 Å². The number of nitrogens with one attached hydrogen (secondary N) is 2. The van der Waals surface area contributed by atoms with Gasteiger partial charge in [-0.05, 0) is 37.3 Å². The van der Waals surface area contributed by atoms with Gasteiger partial charge in [0.15, 0.2) is 5.96 Å². The molecule has 0 bridgehead atoms. The summed E-state index contributed by atoms with van der Waals surface area (Å²) in [7, 11) is 0. The molecule has 1 aliphatic carbocycles. The van der Waals surface area contributed by atoms with Crippen molar-refractivity contribution in [2.24, 2.45) is 4.99 Å². The molecule has 1 heterocycles. The Labute approximate surface area is 168 Å². The van der Waals surface area contributed by atoms with Gasteiger partial charge in [0.1, 0.15) is 12.2 Å². The average Bonchev–Trinajstić information content (AvgIpc) is 3.39. The van der Waals surface area contributed by atoms with Crippen LogP contribution in [0.3, 0.4) is 0 Å². The minimum absolute atomic E-state index is 0.208. The smallest absolute Gasteiger partial charge is 0.192 e. The number of aliphatic imine (C=N–C) groups is 1. The van der Waals surface area contributed by atoms with Gasteiger partial charge in [-0.1, -0.05) is 51.0 Å². The molecule has 2 N–H and O–H groups in total. The monoisotopic (exact) mass is 382 g/mol. The highest BCUT2D eigenvalue weighted by Gasteiger charge is 2.17. The summed E-state index contributed by atoms with van der Waals surface area (Å²) in [5.41, 5.74) is 2.65. The summed E-state index contributed by atoms with van der Waals surface area (Å²) in [6, 6.07) is 9.60. The molecule has 1 aromatic carbocycles. The van der Waals surface area contributed by atoms with E-state index in [1.54, 1.807) is 6.33 Å². The topological polar surface area (TPSA) is 67.1 Å². The van der Waals surface area contributed by atoms with Gasteiger partial charge < -0.3 is 15.2 Å². The number of nitrogens with zero attached hydrogens (tertiary/aromatic N) is 4. The zero-order valence-electron chi connectivity index (χ0n) is 17.5. The largest absolute Gasteiger partial charge is 0.354 e. The highest BCUT2D eigenvalue weighted by molar-refractivity contribution is 5.80. The Hall–Kier alpha value is -2.37. The number of aryl methyl sites for hydroxylation is 2. The molecule has 1 fully saturated rings. The lowest BCUT2D eigenvalue weighted by molar-refractivity contribution is 0.589. The zero-order chi connectivity index (χ0) is 19.8. The molecule has 1 atom stereocenters. The number of guanidine groups is 1. The minimum Gasteiger partial charge on any atom is -0.354 e. The van der Waals surface area contributed by atoms with Gasteiger partial charge >= 0.3 is 0 Å². The Morgan fingerprint density at radius 1 is 1.18 bits per heavy atom. The predicted molar refractivity (Wildman–Crippen MR) is 114 cm³/mol. The Morgan fingerprint density at radius 3 is 2.61 bits per heavy atom. The number of aromatic nitrogens is 3. The number of hydrogen-bond acceptors (Lipinski definition) is 3. The summed E-state index contributed by atoms with van der Waals surface area (Å²) in [5, 5.41) is 15.4. The molecule has 6 heteroatoms. The van der Waals surface area contributed by atoms with Crippen LogP contribution in [-0.4, -0.2) is 33.3 Å². The first-order valence-electron chi connectivity index (χ1n) is 10.7. The fourth-order valence-electron chi connectivity index (χ4n) is 3.74. The lowest BCUT2D eigenvalue weighted by Gasteiger charge is -2.22. The van der Waals surface area contributed by atoms with Crippen molar-refractivity contribution >= 4 is 5.96 Å². The third-order valence-electron chi connectivity index (χ3n) is 5.56. The van der Waals surface area contributed by atoms with Gasteiger partial charge in [0.2, 0.25) is 0 Å². The van der Waals surface area contributed by atoms with Crippen LogP contribution in [0.1, 0.15) is 69.4 Å². The Morgan fingerprint density at radius 2 is 1.93 bits per heavy atom. The van der Waals surface area contributed by atoms with Crippen molar-refractivity contribution in [1.82, 2.24) is 25.4 Å². The molecule has 0 spiro atoms. The van der Waals surface area contributed by atoms with Gasteiger partial charge in [-0.2, -0.15) is 0 Å².